The van der Waals surface area contributed by atoms with Crippen LogP contribution < -0.4 is 16.1 Å². The van der Waals surface area contributed by atoms with E-state index in [-0.39, 0.29) is 18.8 Å². The number of ether oxygens (including phenoxy) is 1. The molecule has 26 heavy (non-hydrogen) atoms. The Kier molecular flexibility index (Phi) is 8.76. The standard InChI is InChI=1S/C16H21F3N4O3/c1-2-26-15(24)13(7-8-20)21-9-11-3-5-12(6-4-11)14(23-25)22-10-16(17,18)19/h3-8,14,20-23,25H,2,9-10H2,1H3/b13-7-,20-8?. The smallest absolute Gasteiger partial charge is 0.401 e. The Hall–Kier alpha value is -2.43. The third-order valence-corrected chi connectivity index (χ3v) is 3.18. The van der Waals surface area contributed by atoms with E-state index in [1.54, 1.807) is 36.7 Å². The Morgan fingerprint density at radius 1 is 1.35 bits per heavy atom. The molecule has 0 aliphatic carbocycles. The number of nitrogens with one attached hydrogen (secondary N) is 4. The zero-order valence-corrected chi connectivity index (χ0v) is 14.1. The molecule has 1 aromatic rings. The fourth-order valence-electron chi connectivity index (χ4n) is 1.97. The van der Waals surface area contributed by atoms with Crippen molar-refractivity contribution < 1.29 is 27.9 Å². The highest BCUT2D eigenvalue weighted by Gasteiger charge is 2.28. The molecule has 10 heteroatoms. The van der Waals surface area contributed by atoms with E-state index in [1.807, 2.05) is 0 Å². The molecule has 1 atom stereocenters. The summed E-state index contributed by atoms with van der Waals surface area (Å²) >= 11 is 0. The number of hydroxylamine groups is 1. The number of halogens is 3. The van der Waals surface area contributed by atoms with Gasteiger partial charge in [-0.2, -0.15) is 18.7 Å². The molecule has 7 nitrogen and oxygen atoms in total. The molecule has 0 saturated heterocycles. The van der Waals surface area contributed by atoms with E-state index in [4.69, 9.17) is 15.4 Å². The van der Waals surface area contributed by atoms with Crippen molar-refractivity contribution in [1.82, 2.24) is 16.1 Å². The van der Waals surface area contributed by atoms with Crippen LogP contribution in [0.1, 0.15) is 24.2 Å². The van der Waals surface area contributed by atoms with E-state index >= 15 is 0 Å². The Bertz CT molecular complexity index is 618. The Labute approximate surface area is 148 Å². The van der Waals surface area contributed by atoms with Crippen LogP contribution in [-0.4, -0.2) is 36.7 Å². The highest BCUT2D eigenvalue weighted by molar-refractivity contribution is 5.92. The number of alkyl halides is 3. The van der Waals surface area contributed by atoms with Crippen LogP contribution in [-0.2, 0) is 16.1 Å². The summed E-state index contributed by atoms with van der Waals surface area (Å²) < 4.78 is 41.6. The topological polar surface area (TPSA) is 106 Å². The SMILES string of the molecule is CCOC(=O)/C(=C/C=N)NCc1ccc(C(NO)NCC(F)(F)F)cc1. The maximum Gasteiger partial charge on any atom is 0.401 e. The number of hydrogen-bond acceptors (Lipinski definition) is 7. The summed E-state index contributed by atoms with van der Waals surface area (Å²) in [4.78, 5) is 11.7. The second kappa shape index (κ2) is 10.5. The van der Waals surface area contributed by atoms with Gasteiger partial charge in [0, 0.05) is 12.8 Å². The van der Waals surface area contributed by atoms with Crippen molar-refractivity contribution in [2.75, 3.05) is 13.2 Å². The minimum absolute atomic E-state index is 0.118. The van der Waals surface area contributed by atoms with Crippen LogP contribution in [0.5, 0.6) is 0 Å². The zero-order valence-electron chi connectivity index (χ0n) is 14.1. The molecule has 0 saturated carbocycles. The third kappa shape index (κ3) is 7.64. The first-order chi connectivity index (χ1) is 12.3. The average molecular weight is 374 g/mol. The number of allylic oxidation sites excluding steroid dienone is 1. The van der Waals surface area contributed by atoms with Gasteiger partial charge in [-0.1, -0.05) is 24.3 Å². The Morgan fingerprint density at radius 2 is 2.00 bits per heavy atom. The van der Waals surface area contributed by atoms with Crippen LogP contribution in [0.3, 0.4) is 0 Å². The largest absolute Gasteiger partial charge is 0.461 e. The molecule has 0 spiro atoms. The number of rotatable bonds is 10. The van der Waals surface area contributed by atoms with Gasteiger partial charge >= 0.3 is 12.1 Å². The molecule has 0 fully saturated rings. The van der Waals surface area contributed by atoms with Gasteiger partial charge in [0.25, 0.3) is 0 Å². The van der Waals surface area contributed by atoms with E-state index < -0.39 is 24.9 Å². The van der Waals surface area contributed by atoms with Crippen molar-refractivity contribution in [3.63, 3.8) is 0 Å². The highest BCUT2D eigenvalue weighted by atomic mass is 19.4. The van der Waals surface area contributed by atoms with Gasteiger partial charge in [0.15, 0.2) is 0 Å². The zero-order chi connectivity index (χ0) is 19.6. The maximum atomic E-state index is 12.3. The molecule has 0 heterocycles. The van der Waals surface area contributed by atoms with Gasteiger partial charge in [-0.05, 0) is 24.1 Å². The molecule has 144 valence electrons. The van der Waals surface area contributed by atoms with Crippen LogP contribution >= 0.6 is 0 Å². The number of benzene rings is 1. The first-order valence-electron chi connectivity index (χ1n) is 7.71. The van der Waals surface area contributed by atoms with E-state index in [0.717, 1.165) is 11.8 Å². The lowest BCUT2D eigenvalue weighted by Crippen LogP contribution is -2.38. The number of hydrogen-bond donors (Lipinski definition) is 5. The predicted octanol–water partition coefficient (Wildman–Crippen LogP) is 2.00. The first-order valence-corrected chi connectivity index (χ1v) is 7.71. The van der Waals surface area contributed by atoms with Crippen LogP contribution in [0.25, 0.3) is 0 Å². The van der Waals surface area contributed by atoms with Gasteiger partial charge in [-0.3, -0.25) is 5.32 Å². The summed E-state index contributed by atoms with van der Waals surface area (Å²) in [6, 6.07) is 6.35. The maximum absolute atomic E-state index is 12.3. The molecule has 0 amide bonds. The van der Waals surface area contributed by atoms with E-state index in [2.05, 4.69) is 10.6 Å². The Morgan fingerprint density at radius 3 is 2.50 bits per heavy atom. The van der Waals surface area contributed by atoms with Gasteiger partial charge in [-0.15, -0.1) is 0 Å². The summed E-state index contributed by atoms with van der Waals surface area (Å²) in [6.07, 6.45) is -3.26. The first kappa shape index (κ1) is 21.6. The van der Waals surface area contributed by atoms with Crippen LogP contribution in [0.4, 0.5) is 13.2 Å². The van der Waals surface area contributed by atoms with Crippen LogP contribution in [0, 0.1) is 5.41 Å². The molecule has 0 aliphatic heterocycles. The molecular formula is C16H21F3N4O3. The summed E-state index contributed by atoms with van der Waals surface area (Å²) in [6.45, 7) is 0.847. The summed E-state index contributed by atoms with van der Waals surface area (Å²) in [5.74, 6) is -0.589. The molecule has 0 aliphatic rings. The average Bonchev–Trinajstić information content (AvgIpc) is 2.59. The summed E-state index contributed by atoms with van der Waals surface area (Å²) in [5, 5.41) is 21.1. The lowest BCUT2D eigenvalue weighted by atomic mass is 10.1. The molecule has 0 bridgehead atoms. The van der Waals surface area contributed by atoms with Crippen molar-refractivity contribution in [3.05, 3.63) is 47.2 Å². The minimum Gasteiger partial charge on any atom is -0.461 e. The monoisotopic (exact) mass is 374 g/mol. The molecule has 0 aromatic heterocycles. The molecular weight excluding hydrogens is 353 g/mol. The van der Waals surface area contributed by atoms with Crippen molar-refractivity contribution in [2.45, 2.75) is 25.8 Å². The normalized spacial score (nSPS) is 13.2. The molecule has 0 radical (unpaired) electrons. The second-order valence-electron chi connectivity index (χ2n) is 5.12. The third-order valence-electron chi connectivity index (χ3n) is 3.18. The van der Waals surface area contributed by atoms with Crippen LogP contribution in [0.2, 0.25) is 0 Å². The van der Waals surface area contributed by atoms with Crippen molar-refractivity contribution >= 4 is 12.2 Å². The van der Waals surface area contributed by atoms with Crippen LogP contribution in [0.15, 0.2) is 36.0 Å². The van der Waals surface area contributed by atoms with E-state index in [1.165, 1.54) is 6.08 Å². The van der Waals surface area contributed by atoms with Gasteiger partial charge in [0.2, 0.25) is 0 Å². The van der Waals surface area contributed by atoms with Crippen molar-refractivity contribution in [2.24, 2.45) is 0 Å². The van der Waals surface area contributed by atoms with E-state index in [0.29, 0.717) is 5.56 Å². The summed E-state index contributed by atoms with van der Waals surface area (Å²) in [7, 11) is 0. The fraction of sp³-hybridized carbons (Fsp3) is 0.375. The molecule has 5 N–H and O–H groups in total. The quantitative estimate of drug-likeness (QED) is 0.141. The minimum atomic E-state index is -4.40. The van der Waals surface area contributed by atoms with Gasteiger partial charge < -0.3 is 20.7 Å². The fourth-order valence-corrected chi connectivity index (χ4v) is 1.97. The molecule has 1 unspecified atom stereocenters. The number of esters is 1. The number of carbonyl (C=O) groups is 1. The van der Waals surface area contributed by atoms with Crippen molar-refractivity contribution in [1.29, 1.82) is 5.41 Å². The predicted molar refractivity (Wildman–Crippen MR) is 88.5 cm³/mol. The van der Waals surface area contributed by atoms with Crippen molar-refractivity contribution in [3.8, 4) is 0 Å². The van der Waals surface area contributed by atoms with Gasteiger partial charge in [0.05, 0.1) is 13.2 Å². The molecule has 1 aromatic carbocycles. The summed E-state index contributed by atoms with van der Waals surface area (Å²) in [5.41, 5.74) is 3.04. The van der Waals surface area contributed by atoms with E-state index in [9.17, 15) is 18.0 Å². The Balaban J connectivity index is 2.69. The second-order valence-corrected chi connectivity index (χ2v) is 5.12. The molecule has 1 rings (SSSR count). The lowest BCUT2D eigenvalue weighted by molar-refractivity contribution is -0.139. The van der Waals surface area contributed by atoms with Gasteiger partial charge in [0.1, 0.15) is 11.9 Å². The highest BCUT2D eigenvalue weighted by Crippen LogP contribution is 2.16. The van der Waals surface area contributed by atoms with Gasteiger partial charge in [-0.25, -0.2) is 4.79 Å². The lowest BCUT2D eigenvalue weighted by Gasteiger charge is -2.19. The number of carbonyl (C=O) groups excluding carboxylic acids is 1.